The Hall–Kier alpha value is -1.88. The molecule has 0 aliphatic rings. The van der Waals surface area contributed by atoms with Crippen LogP contribution in [-0.4, -0.2) is 28.2 Å². The van der Waals surface area contributed by atoms with E-state index in [1.807, 2.05) is 38.1 Å². The Balaban J connectivity index is 2.34. The third kappa shape index (κ3) is 2.54. The molecule has 1 heterocycles. The van der Waals surface area contributed by atoms with Gasteiger partial charge in [-0.1, -0.05) is 12.1 Å². The topological polar surface area (TPSA) is 70.1 Å². The Morgan fingerprint density at radius 1 is 1.50 bits per heavy atom. The first-order chi connectivity index (χ1) is 9.36. The van der Waals surface area contributed by atoms with Crippen LogP contribution in [0.25, 0.3) is 11.0 Å². The number of fused-ring (bicyclic) bond motifs is 1. The van der Waals surface area contributed by atoms with Crippen LogP contribution in [0.2, 0.25) is 0 Å². The quantitative estimate of drug-likeness (QED) is 0.868. The lowest BCUT2D eigenvalue weighted by Crippen LogP contribution is -2.47. The number of rotatable bonds is 4. The minimum absolute atomic E-state index is 0.0523. The third-order valence-electron chi connectivity index (χ3n) is 3.58. The molecule has 0 spiro atoms. The number of benzene rings is 1. The molecule has 1 aromatic carbocycles. The Kier molecular flexibility index (Phi) is 3.81. The summed E-state index contributed by atoms with van der Waals surface area (Å²) < 4.78 is 6.88. The van der Waals surface area contributed by atoms with Gasteiger partial charge in [-0.3, -0.25) is 4.79 Å². The molecule has 2 unspecified atom stereocenters. The summed E-state index contributed by atoms with van der Waals surface area (Å²) in [5, 5.41) is 0. The zero-order chi connectivity index (χ0) is 14.9. The van der Waals surface area contributed by atoms with Gasteiger partial charge in [0.25, 0.3) is 0 Å². The fraction of sp³-hybridized carbons (Fsp3) is 0.467. The molecule has 0 bridgehead atoms. The summed E-state index contributed by atoms with van der Waals surface area (Å²) in [4.78, 5) is 16.3. The largest absolute Gasteiger partial charge is 0.468 e. The van der Waals surface area contributed by atoms with E-state index in [0.29, 0.717) is 6.42 Å². The third-order valence-corrected chi connectivity index (χ3v) is 3.58. The molecule has 0 fully saturated rings. The average Bonchev–Trinajstić information content (AvgIpc) is 2.72. The van der Waals surface area contributed by atoms with Crippen molar-refractivity contribution >= 4 is 17.0 Å². The van der Waals surface area contributed by atoms with Crippen molar-refractivity contribution in [3.05, 3.63) is 30.1 Å². The molecule has 20 heavy (non-hydrogen) atoms. The van der Waals surface area contributed by atoms with Gasteiger partial charge in [0, 0.05) is 6.04 Å². The second-order valence-electron chi connectivity index (χ2n) is 5.48. The monoisotopic (exact) mass is 275 g/mol. The predicted molar refractivity (Wildman–Crippen MR) is 78.4 cm³/mol. The first-order valence-electron chi connectivity index (χ1n) is 6.67. The van der Waals surface area contributed by atoms with Crippen LogP contribution < -0.4 is 5.73 Å². The number of esters is 1. The van der Waals surface area contributed by atoms with Gasteiger partial charge < -0.3 is 15.0 Å². The van der Waals surface area contributed by atoms with Gasteiger partial charge in [-0.25, -0.2) is 4.98 Å². The first-order valence-corrected chi connectivity index (χ1v) is 6.67. The average molecular weight is 275 g/mol. The summed E-state index contributed by atoms with van der Waals surface area (Å²) in [5.74, 6) is 0.519. The fourth-order valence-electron chi connectivity index (χ4n) is 2.74. The summed E-state index contributed by atoms with van der Waals surface area (Å²) >= 11 is 0. The van der Waals surface area contributed by atoms with Crippen molar-refractivity contribution in [1.82, 2.24) is 9.55 Å². The van der Waals surface area contributed by atoms with Crippen LogP contribution >= 0.6 is 0 Å². The molecule has 2 N–H and O–H groups in total. The summed E-state index contributed by atoms with van der Waals surface area (Å²) in [6.45, 7) is 5.70. The number of nitrogens with two attached hydrogens (primary N) is 1. The second-order valence-corrected chi connectivity index (χ2v) is 5.48. The molecule has 0 aliphatic carbocycles. The summed E-state index contributed by atoms with van der Waals surface area (Å²) in [6.07, 6.45) is 0.487. The number of hydrogen-bond donors (Lipinski definition) is 1. The minimum Gasteiger partial charge on any atom is -0.468 e. The number of hydrogen-bond acceptors (Lipinski definition) is 4. The summed E-state index contributed by atoms with van der Waals surface area (Å²) in [6, 6.07) is 8.00. The summed E-state index contributed by atoms with van der Waals surface area (Å²) in [7, 11) is 1.36. The van der Waals surface area contributed by atoms with Crippen molar-refractivity contribution in [2.75, 3.05) is 7.11 Å². The highest BCUT2D eigenvalue weighted by Crippen LogP contribution is 2.26. The van der Waals surface area contributed by atoms with Gasteiger partial charge in [0.2, 0.25) is 0 Å². The molecule has 2 rings (SSSR count). The van der Waals surface area contributed by atoms with Gasteiger partial charge >= 0.3 is 5.97 Å². The van der Waals surface area contributed by atoms with Gasteiger partial charge in [0.1, 0.15) is 11.4 Å². The number of nitrogens with zero attached hydrogens (tertiary/aromatic N) is 2. The van der Waals surface area contributed by atoms with E-state index >= 15 is 0 Å². The Morgan fingerprint density at radius 2 is 2.15 bits per heavy atom. The zero-order valence-corrected chi connectivity index (χ0v) is 12.4. The Morgan fingerprint density at radius 3 is 2.80 bits per heavy atom. The predicted octanol–water partition coefficient (Wildman–Crippen LogP) is 2.19. The van der Waals surface area contributed by atoms with E-state index in [2.05, 4.69) is 9.55 Å². The second kappa shape index (κ2) is 5.25. The van der Waals surface area contributed by atoms with E-state index in [0.717, 1.165) is 16.9 Å². The van der Waals surface area contributed by atoms with Crippen LogP contribution in [-0.2, 0) is 9.53 Å². The highest BCUT2D eigenvalue weighted by Gasteiger charge is 2.32. The Bertz CT molecular complexity index is 631. The molecular weight excluding hydrogens is 254 g/mol. The number of aryl methyl sites for hydroxylation is 1. The van der Waals surface area contributed by atoms with Gasteiger partial charge in [-0.15, -0.1) is 0 Å². The molecule has 5 nitrogen and oxygen atoms in total. The Labute approximate surface area is 118 Å². The molecular formula is C15H21N3O2. The molecule has 2 atom stereocenters. The van der Waals surface area contributed by atoms with E-state index in [1.165, 1.54) is 7.11 Å². The van der Waals surface area contributed by atoms with Crippen LogP contribution in [0.3, 0.4) is 0 Å². The number of carbonyl (C=O) groups excluding carboxylic acids is 1. The van der Waals surface area contributed by atoms with Crippen LogP contribution in [0.5, 0.6) is 0 Å². The number of carbonyl (C=O) groups is 1. The van der Waals surface area contributed by atoms with E-state index < -0.39 is 11.5 Å². The molecule has 1 aromatic heterocycles. The number of imidazole rings is 1. The fourth-order valence-corrected chi connectivity index (χ4v) is 2.74. The lowest BCUT2D eigenvalue weighted by molar-refractivity contribution is -0.146. The SMILES string of the molecule is COC(=O)C(C)(N)CC(C)n1c(C)nc2ccccc21. The maximum atomic E-state index is 11.7. The lowest BCUT2D eigenvalue weighted by Gasteiger charge is -2.26. The molecule has 0 saturated heterocycles. The number of ether oxygens (including phenoxy) is 1. The van der Waals surface area contributed by atoms with E-state index in [1.54, 1.807) is 6.92 Å². The standard InChI is InChI=1S/C15H21N3O2/c1-10(9-15(3,16)14(19)20-4)18-11(2)17-12-7-5-6-8-13(12)18/h5-8,10H,9,16H2,1-4H3. The van der Waals surface area contributed by atoms with E-state index in [-0.39, 0.29) is 6.04 Å². The number of aromatic nitrogens is 2. The molecule has 5 heteroatoms. The van der Waals surface area contributed by atoms with Crippen molar-refractivity contribution in [2.24, 2.45) is 5.73 Å². The lowest BCUT2D eigenvalue weighted by atomic mass is 9.94. The number of methoxy groups -OCH3 is 1. The molecule has 0 saturated carbocycles. The van der Waals surface area contributed by atoms with Crippen molar-refractivity contribution in [2.45, 2.75) is 38.8 Å². The molecule has 0 amide bonds. The number of para-hydroxylation sites is 2. The van der Waals surface area contributed by atoms with Crippen LogP contribution in [0.1, 0.15) is 32.1 Å². The molecule has 108 valence electrons. The maximum absolute atomic E-state index is 11.7. The van der Waals surface area contributed by atoms with Gasteiger partial charge in [0.15, 0.2) is 0 Å². The highest BCUT2D eigenvalue weighted by atomic mass is 16.5. The van der Waals surface area contributed by atoms with Crippen LogP contribution in [0, 0.1) is 6.92 Å². The molecule has 0 aliphatic heterocycles. The van der Waals surface area contributed by atoms with Gasteiger partial charge in [0.05, 0.1) is 18.1 Å². The first kappa shape index (κ1) is 14.5. The van der Waals surface area contributed by atoms with Crippen molar-refractivity contribution < 1.29 is 9.53 Å². The van der Waals surface area contributed by atoms with E-state index in [4.69, 9.17) is 10.5 Å². The smallest absolute Gasteiger partial charge is 0.325 e. The van der Waals surface area contributed by atoms with Crippen LogP contribution in [0.15, 0.2) is 24.3 Å². The molecule has 0 radical (unpaired) electrons. The minimum atomic E-state index is -1.01. The van der Waals surface area contributed by atoms with Gasteiger partial charge in [-0.2, -0.15) is 0 Å². The van der Waals surface area contributed by atoms with Crippen LogP contribution in [0.4, 0.5) is 0 Å². The van der Waals surface area contributed by atoms with Crippen molar-refractivity contribution in [3.8, 4) is 0 Å². The summed E-state index contributed by atoms with van der Waals surface area (Å²) in [5.41, 5.74) is 7.06. The molecule has 2 aromatic rings. The maximum Gasteiger partial charge on any atom is 0.325 e. The van der Waals surface area contributed by atoms with Crippen molar-refractivity contribution in [3.63, 3.8) is 0 Å². The zero-order valence-electron chi connectivity index (χ0n) is 12.4. The van der Waals surface area contributed by atoms with Gasteiger partial charge in [-0.05, 0) is 39.3 Å². The highest BCUT2D eigenvalue weighted by molar-refractivity contribution is 5.80. The van der Waals surface area contributed by atoms with Crippen molar-refractivity contribution in [1.29, 1.82) is 0 Å². The normalized spacial score (nSPS) is 15.8. The van der Waals surface area contributed by atoms with E-state index in [9.17, 15) is 4.79 Å².